The Labute approximate surface area is 85.4 Å². The number of carboxylic acid groups (broad SMARTS) is 1. The van der Waals surface area contributed by atoms with Crippen LogP contribution in [0, 0.1) is 11.8 Å². The van der Waals surface area contributed by atoms with Crippen LogP contribution in [0.5, 0.6) is 0 Å². The first kappa shape index (κ1) is 13.2. The molecule has 0 aliphatic carbocycles. The molecule has 0 heterocycles. The van der Waals surface area contributed by atoms with Gasteiger partial charge in [0.25, 0.3) is 0 Å². The lowest BCUT2D eigenvalue weighted by atomic mass is 9.98. The molecule has 0 radical (unpaired) electrons. The summed E-state index contributed by atoms with van der Waals surface area (Å²) in [5, 5.41) is 18.3. The van der Waals surface area contributed by atoms with E-state index in [0.29, 0.717) is 12.3 Å². The van der Waals surface area contributed by atoms with Crippen molar-refractivity contribution in [2.24, 2.45) is 11.8 Å². The van der Waals surface area contributed by atoms with Gasteiger partial charge in [0.15, 0.2) is 0 Å². The van der Waals surface area contributed by atoms with E-state index in [-0.39, 0.29) is 0 Å². The molecule has 3 nitrogen and oxygen atoms in total. The van der Waals surface area contributed by atoms with Crippen molar-refractivity contribution in [2.75, 3.05) is 0 Å². The fraction of sp³-hybridized carbons (Fsp3) is 0.727. The van der Waals surface area contributed by atoms with Crippen molar-refractivity contribution in [3.63, 3.8) is 0 Å². The first-order valence-corrected chi connectivity index (χ1v) is 5.06. The Kier molecular flexibility index (Phi) is 6.21. The summed E-state index contributed by atoms with van der Waals surface area (Å²) in [4.78, 5) is 10.8. The Morgan fingerprint density at radius 2 is 2.00 bits per heavy atom. The topological polar surface area (TPSA) is 57.5 Å². The molecule has 0 saturated heterocycles. The summed E-state index contributed by atoms with van der Waals surface area (Å²) in [6, 6.07) is 0. The predicted octanol–water partition coefficient (Wildman–Crippen LogP) is 2.06. The van der Waals surface area contributed by atoms with Crippen molar-refractivity contribution in [3.05, 3.63) is 12.2 Å². The molecule has 2 atom stereocenters. The smallest absolute Gasteiger partial charge is 0.312 e. The lowest BCUT2D eigenvalue weighted by molar-refractivity contribution is -0.143. The largest absolute Gasteiger partial charge is 0.481 e. The fourth-order valence-electron chi connectivity index (χ4n) is 1.13. The second kappa shape index (κ2) is 6.60. The number of hydrogen-bond donors (Lipinski definition) is 2. The molecule has 3 heteroatoms. The van der Waals surface area contributed by atoms with E-state index in [1.807, 2.05) is 6.08 Å². The molecule has 0 aromatic rings. The summed E-state index contributed by atoms with van der Waals surface area (Å²) in [6.45, 7) is 5.91. The summed E-state index contributed by atoms with van der Waals surface area (Å²) in [5.74, 6) is -1.21. The average Bonchev–Trinajstić information content (AvgIpc) is 2.10. The number of carbonyl (C=O) groups is 1. The van der Waals surface area contributed by atoms with E-state index in [4.69, 9.17) is 5.11 Å². The van der Waals surface area contributed by atoms with E-state index in [1.165, 1.54) is 0 Å². The first-order valence-electron chi connectivity index (χ1n) is 5.06. The van der Waals surface area contributed by atoms with Gasteiger partial charge in [0.05, 0.1) is 6.10 Å². The van der Waals surface area contributed by atoms with Gasteiger partial charge in [0, 0.05) is 0 Å². The lowest BCUT2D eigenvalue weighted by Crippen LogP contribution is -2.25. The maximum atomic E-state index is 10.8. The van der Waals surface area contributed by atoms with E-state index >= 15 is 0 Å². The molecule has 0 amide bonds. The van der Waals surface area contributed by atoms with Gasteiger partial charge in [-0.3, -0.25) is 4.79 Å². The molecule has 0 spiro atoms. The Morgan fingerprint density at radius 1 is 1.43 bits per heavy atom. The highest BCUT2D eigenvalue weighted by atomic mass is 16.4. The standard InChI is InChI=1S/C11H20O3/c1-4-10(12)9(11(13)14)7-5-6-8(2)3/h5,7-10,12H,4,6H2,1-3H3,(H,13,14)/b7-5+. The van der Waals surface area contributed by atoms with Crippen molar-refractivity contribution in [1.82, 2.24) is 0 Å². The van der Waals surface area contributed by atoms with Gasteiger partial charge in [-0.05, 0) is 18.8 Å². The fourth-order valence-corrected chi connectivity index (χ4v) is 1.13. The molecule has 0 aromatic carbocycles. The second-order valence-corrected chi connectivity index (χ2v) is 3.90. The molecule has 0 rings (SSSR count). The average molecular weight is 200 g/mol. The third kappa shape index (κ3) is 5.02. The van der Waals surface area contributed by atoms with Crippen LogP contribution in [-0.2, 0) is 4.79 Å². The summed E-state index contributed by atoms with van der Waals surface area (Å²) in [6.07, 6.45) is 3.96. The van der Waals surface area contributed by atoms with Crippen molar-refractivity contribution in [3.8, 4) is 0 Å². The SMILES string of the molecule is CCC(O)C(/C=C/CC(C)C)C(=O)O. The number of hydrogen-bond acceptors (Lipinski definition) is 2. The molecule has 14 heavy (non-hydrogen) atoms. The molecule has 2 N–H and O–H groups in total. The molecule has 82 valence electrons. The van der Waals surface area contributed by atoms with E-state index in [0.717, 1.165) is 6.42 Å². The van der Waals surface area contributed by atoms with Crippen LogP contribution in [0.1, 0.15) is 33.6 Å². The summed E-state index contributed by atoms with van der Waals surface area (Å²) in [5.41, 5.74) is 0. The van der Waals surface area contributed by atoms with Gasteiger partial charge >= 0.3 is 5.97 Å². The van der Waals surface area contributed by atoms with Crippen LogP contribution in [0.2, 0.25) is 0 Å². The predicted molar refractivity (Wildman–Crippen MR) is 56.0 cm³/mol. The van der Waals surface area contributed by atoms with Crippen molar-refractivity contribution in [1.29, 1.82) is 0 Å². The second-order valence-electron chi connectivity index (χ2n) is 3.90. The molecular weight excluding hydrogens is 180 g/mol. The molecule has 0 aliphatic rings. The summed E-state index contributed by atoms with van der Waals surface area (Å²) in [7, 11) is 0. The van der Waals surface area contributed by atoms with Gasteiger partial charge in [-0.25, -0.2) is 0 Å². The number of rotatable bonds is 6. The highest BCUT2D eigenvalue weighted by molar-refractivity contribution is 5.72. The quantitative estimate of drug-likeness (QED) is 0.645. The third-order valence-electron chi connectivity index (χ3n) is 2.07. The maximum Gasteiger partial charge on any atom is 0.312 e. The first-order chi connectivity index (χ1) is 6.49. The van der Waals surface area contributed by atoms with E-state index in [9.17, 15) is 9.90 Å². The lowest BCUT2D eigenvalue weighted by Gasteiger charge is -2.13. The molecule has 2 unspecified atom stereocenters. The minimum atomic E-state index is -0.959. The van der Waals surface area contributed by atoms with Crippen LogP contribution in [0.4, 0.5) is 0 Å². The number of allylic oxidation sites excluding steroid dienone is 1. The van der Waals surface area contributed by atoms with Crippen LogP contribution < -0.4 is 0 Å². The van der Waals surface area contributed by atoms with Gasteiger partial charge in [-0.15, -0.1) is 0 Å². The maximum absolute atomic E-state index is 10.8. The number of aliphatic carboxylic acids is 1. The zero-order valence-electron chi connectivity index (χ0n) is 9.10. The third-order valence-corrected chi connectivity index (χ3v) is 2.07. The van der Waals surface area contributed by atoms with Crippen molar-refractivity contribution < 1.29 is 15.0 Å². The van der Waals surface area contributed by atoms with E-state index < -0.39 is 18.0 Å². The summed E-state index contributed by atoms with van der Waals surface area (Å²) < 4.78 is 0. The van der Waals surface area contributed by atoms with Gasteiger partial charge in [0.1, 0.15) is 5.92 Å². The minimum absolute atomic E-state index is 0.461. The molecule has 0 aliphatic heterocycles. The molecule has 0 fully saturated rings. The van der Waals surface area contributed by atoms with E-state index in [2.05, 4.69) is 13.8 Å². The van der Waals surface area contributed by atoms with Crippen molar-refractivity contribution >= 4 is 5.97 Å². The number of carboxylic acids is 1. The highest BCUT2D eigenvalue weighted by Gasteiger charge is 2.21. The summed E-state index contributed by atoms with van der Waals surface area (Å²) >= 11 is 0. The van der Waals surface area contributed by atoms with Crippen LogP contribution >= 0.6 is 0 Å². The number of aliphatic hydroxyl groups excluding tert-OH is 1. The van der Waals surface area contributed by atoms with Crippen LogP contribution in [0.25, 0.3) is 0 Å². The minimum Gasteiger partial charge on any atom is -0.481 e. The molecule has 0 saturated carbocycles. The Hall–Kier alpha value is -0.830. The zero-order valence-corrected chi connectivity index (χ0v) is 9.10. The monoisotopic (exact) mass is 200 g/mol. The molecular formula is C11H20O3. The van der Waals surface area contributed by atoms with E-state index in [1.54, 1.807) is 13.0 Å². The molecule has 0 bridgehead atoms. The van der Waals surface area contributed by atoms with Crippen LogP contribution in [0.15, 0.2) is 12.2 Å². The van der Waals surface area contributed by atoms with Gasteiger partial charge < -0.3 is 10.2 Å². The Bertz CT molecular complexity index is 197. The Morgan fingerprint density at radius 3 is 2.36 bits per heavy atom. The highest BCUT2D eigenvalue weighted by Crippen LogP contribution is 2.11. The van der Waals surface area contributed by atoms with Gasteiger partial charge in [-0.1, -0.05) is 32.9 Å². The van der Waals surface area contributed by atoms with Gasteiger partial charge in [0.2, 0.25) is 0 Å². The van der Waals surface area contributed by atoms with Gasteiger partial charge in [-0.2, -0.15) is 0 Å². The zero-order chi connectivity index (χ0) is 11.1. The molecule has 0 aromatic heterocycles. The normalized spacial score (nSPS) is 16.1. The van der Waals surface area contributed by atoms with Crippen LogP contribution in [-0.4, -0.2) is 22.3 Å². The number of aliphatic hydroxyl groups is 1. The van der Waals surface area contributed by atoms with Crippen molar-refractivity contribution in [2.45, 2.75) is 39.7 Å². The Balaban J connectivity index is 4.23. The van der Waals surface area contributed by atoms with Crippen LogP contribution in [0.3, 0.4) is 0 Å².